The van der Waals surface area contributed by atoms with Crippen molar-refractivity contribution in [3.63, 3.8) is 0 Å². The molecule has 2 aromatic rings. The maximum absolute atomic E-state index is 12.4. The van der Waals surface area contributed by atoms with Gasteiger partial charge in [0, 0.05) is 13.1 Å². The number of H-pyrrole nitrogens is 1. The number of nitrogens with one attached hydrogen (secondary N) is 2. The molecule has 0 spiro atoms. The summed E-state index contributed by atoms with van der Waals surface area (Å²) in [6.07, 6.45) is 1.11. The fourth-order valence-electron chi connectivity index (χ4n) is 3.16. The van der Waals surface area contributed by atoms with Crippen molar-refractivity contribution in [1.29, 1.82) is 0 Å². The van der Waals surface area contributed by atoms with Crippen LogP contribution in [0.3, 0.4) is 0 Å². The largest absolute Gasteiger partial charge is 0.345 e. The number of amides is 1. The lowest BCUT2D eigenvalue weighted by Crippen LogP contribution is -2.40. The first-order chi connectivity index (χ1) is 11.5. The second-order valence-electron chi connectivity index (χ2n) is 6.86. The van der Waals surface area contributed by atoms with E-state index in [2.05, 4.69) is 45.1 Å². The van der Waals surface area contributed by atoms with E-state index in [0.29, 0.717) is 6.54 Å². The number of carbonyl (C=O) groups excluding carboxylic acids is 1. The molecule has 1 atom stereocenters. The zero-order valence-electron chi connectivity index (χ0n) is 14.8. The summed E-state index contributed by atoms with van der Waals surface area (Å²) in [5, 5.41) is 3.06. The number of aromatic nitrogens is 2. The van der Waals surface area contributed by atoms with Crippen LogP contribution >= 0.6 is 0 Å². The van der Waals surface area contributed by atoms with E-state index in [4.69, 9.17) is 0 Å². The standard InChI is InChI=1S/C18H27N5O/c1-13-5-6-15-16(11-13)21-18(20-15)14(2)19-17(24)12-23-8-4-7-22(3)9-10-23/h5-6,11,14H,4,7-10,12H2,1-3H3,(H,19,24)(H,20,21)/t14-/m0/s1. The molecule has 1 aliphatic rings. The normalized spacial score (nSPS) is 18.5. The van der Waals surface area contributed by atoms with Crippen molar-refractivity contribution in [3.8, 4) is 0 Å². The number of likely N-dealkylation sites (N-methyl/N-ethyl adjacent to an activating group) is 1. The van der Waals surface area contributed by atoms with Crippen molar-refractivity contribution < 1.29 is 4.79 Å². The van der Waals surface area contributed by atoms with Gasteiger partial charge in [0.15, 0.2) is 0 Å². The predicted octanol–water partition coefficient (Wildman–Crippen LogP) is 1.69. The van der Waals surface area contributed by atoms with Crippen LogP contribution in [0.1, 0.15) is 30.8 Å². The summed E-state index contributed by atoms with van der Waals surface area (Å²) < 4.78 is 0. The van der Waals surface area contributed by atoms with Gasteiger partial charge in [-0.1, -0.05) is 6.07 Å². The summed E-state index contributed by atoms with van der Waals surface area (Å²) in [7, 11) is 2.13. The molecular weight excluding hydrogens is 302 g/mol. The number of nitrogens with zero attached hydrogens (tertiary/aromatic N) is 3. The Hall–Kier alpha value is -1.92. The van der Waals surface area contributed by atoms with Crippen LogP contribution in [-0.4, -0.2) is 65.4 Å². The van der Waals surface area contributed by atoms with Gasteiger partial charge in [-0.05, 0) is 58.1 Å². The number of aryl methyl sites for hydroxylation is 1. The van der Waals surface area contributed by atoms with Gasteiger partial charge in [0.1, 0.15) is 5.82 Å². The van der Waals surface area contributed by atoms with Gasteiger partial charge >= 0.3 is 0 Å². The number of fused-ring (bicyclic) bond motifs is 1. The van der Waals surface area contributed by atoms with E-state index in [1.807, 2.05) is 19.1 Å². The molecule has 130 valence electrons. The van der Waals surface area contributed by atoms with Gasteiger partial charge in [-0.3, -0.25) is 9.69 Å². The highest BCUT2D eigenvalue weighted by molar-refractivity contribution is 5.79. The van der Waals surface area contributed by atoms with Gasteiger partial charge in [0.05, 0.1) is 23.6 Å². The molecule has 2 heterocycles. The molecule has 24 heavy (non-hydrogen) atoms. The molecule has 0 bridgehead atoms. The number of rotatable bonds is 4. The van der Waals surface area contributed by atoms with Crippen molar-refractivity contribution in [3.05, 3.63) is 29.6 Å². The minimum atomic E-state index is -0.125. The Morgan fingerprint density at radius 2 is 2.17 bits per heavy atom. The van der Waals surface area contributed by atoms with Gasteiger partial charge in [0.25, 0.3) is 0 Å². The summed E-state index contributed by atoms with van der Waals surface area (Å²) in [5.41, 5.74) is 3.15. The number of benzene rings is 1. The third-order valence-electron chi connectivity index (χ3n) is 4.62. The van der Waals surface area contributed by atoms with Crippen LogP contribution in [0.2, 0.25) is 0 Å². The third-order valence-corrected chi connectivity index (χ3v) is 4.62. The quantitative estimate of drug-likeness (QED) is 0.896. The number of hydrogen-bond donors (Lipinski definition) is 2. The maximum atomic E-state index is 12.4. The minimum absolute atomic E-state index is 0.0590. The highest BCUT2D eigenvalue weighted by atomic mass is 16.2. The Kier molecular flexibility index (Phi) is 5.16. The number of aromatic amines is 1. The Morgan fingerprint density at radius 3 is 3.00 bits per heavy atom. The van der Waals surface area contributed by atoms with Gasteiger partial charge in [-0.25, -0.2) is 4.98 Å². The monoisotopic (exact) mass is 329 g/mol. The van der Waals surface area contributed by atoms with E-state index in [0.717, 1.165) is 49.5 Å². The van der Waals surface area contributed by atoms with Crippen molar-refractivity contribution in [2.75, 3.05) is 39.8 Å². The van der Waals surface area contributed by atoms with Crippen LogP contribution in [0.25, 0.3) is 11.0 Å². The van der Waals surface area contributed by atoms with Gasteiger partial charge < -0.3 is 15.2 Å². The Bertz CT molecular complexity index is 710. The molecule has 0 saturated carbocycles. The first kappa shape index (κ1) is 16.9. The Labute approximate surface area is 143 Å². The van der Waals surface area contributed by atoms with Gasteiger partial charge in [-0.2, -0.15) is 0 Å². The number of carbonyl (C=O) groups is 1. The zero-order chi connectivity index (χ0) is 17.1. The summed E-state index contributed by atoms with van der Waals surface area (Å²) >= 11 is 0. The summed E-state index contributed by atoms with van der Waals surface area (Å²) in [5.74, 6) is 0.864. The molecule has 6 nitrogen and oxygen atoms in total. The van der Waals surface area contributed by atoms with Gasteiger partial charge in [-0.15, -0.1) is 0 Å². The molecule has 1 aliphatic heterocycles. The van der Waals surface area contributed by atoms with Crippen molar-refractivity contribution in [1.82, 2.24) is 25.1 Å². The molecule has 2 N–H and O–H groups in total. The van der Waals surface area contributed by atoms with E-state index < -0.39 is 0 Å². The van der Waals surface area contributed by atoms with Crippen LogP contribution in [0.4, 0.5) is 0 Å². The van der Waals surface area contributed by atoms with Crippen LogP contribution in [-0.2, 0) is 4.79 Å². The molecule has 0 aliphatic carbocycles. The second kappa shape index (κ2) is 7.32. The zero-order valence-corrected chi connectivity index (χ0v) is 14.8. The highest BCUT2D eigenvalue weighted by Gasteiger charge is 2.18. The summed E-state index contributed by atoms with van der Waals surface area (Å²) in [6.45, 7) is 8.54. The minimum Gasteiger partial charge on any atom is -0.345 e. The topological polar surface area (TPSA) is 64.3 Å². The van der Waals surface area contributed by atoms with Crippen LogP contribution in [0, 0.1) is 6.92 Å². The second-order valence-corrected chi connectivity index (χ2v) is 6.86. The molecule has 1 saturated heterocycles. The molecule has 6 heteroatoms. The van der Waals surface area contributed by atoms with E-state index in [9.17, 15) is 4.79 Å². The van der Waals surface area contributed by atoms with E-state index in [1.54, 1.807) is 0 Å². The lowest BCUT2D eigenvalue weighted by Gasteiger charge is -2.20. The first-order valence-electron chi connectivity index (χ1n) is 8.68. The lowest BCUT2D eigenvalue weighted by atomic mass is 10.2. The van der Waals surface area contributed by atoms with Crippen molar-refractivity contribution >= 4 is 16.9 Å². The SMILES string of the molecule is Cc1ccc2nc([C@H](C)NC(=O)CN3CCCN(C)CC3)[nH]c2c1. The van der Waals surface area contributed by atoms with Gasteiger partial charge in [0.2, 0.25) is 5.91 Å². The number of imidazole rings is 1. The molecule has 0 radical (unpaired) electrons. The molecule has 1 aromatic heterocycles. The smallest absolute Gasteiger partial charge is 0.234 e. The maximum Gasteiger partial charge on any atom is 0.234 e. The van der Waals surface area contributed by atoms with Crippen molar-refractivity contribution in [2.24, 2.45) is 0 Å². The first-order valence-corrected chi connectivity index (χ1v) is 8.68. The van der Waals surface area contributed by atoms with Crippen LogP contribution in [0.15, 0.2) is 18.2 Å². The summed E-state index contributed by atoms with van der Waals surface area (Å²) in [6, 6.07) is 6.01. The molecule has 1 aromatic carbocycles. The fourth-order valence-corrected chi connectivity index (χ4v) is 3.16. The average Bonchev–Trinajstić information content (AvgIpc) is 2.85. The molecule has 3 rings (SSSR count). The van der Waals surface area contributed by atoms with E-state index >= 15 is 0 Å². The third kappa shape index (κ3) is 4.13. The highest BCUT2D eigenvalue weighted by Crippen LogP contribution is 2.17. The average molecular weight is 329 g/mol. The van der Waals surface area contributed by atoms with Crippen molar-refractivity contribution in [2.45, 2.75) is 26.3 Å². The number of hydrogen-bond acceptors (Lipinski definition) is 4. The van der Waals surface area contributed by atoms with E-state index in [-0.39, 0.29) is 11.9 Å². The fraction of sp³-hybridized carbons (Fsp3) is 0.556. The van der Waals surface area contributed by atoms with E-state index in [1.165, 1.54) is 5.56 Å². The lowest BCUT2D eigenvalue weighted by molar-refractivity contribution is -0.122. The summed E-state index contributed by atoms with van der Waals surface area (Å²) in [4.78, 5) is 24.8. The predicted molar refractivity (Wildman–Crippen MR) is 95.9 cm³/mol. The Balaban J connectivity index is 1.58. The molecule has 1 fully saturated rings. The molecular formula is C18H27N5O. The molecule has 1 amide bonds. The molecule has 0 unspecified atom stereocenters. The van der Waals surface area contributed by atoms with Crippen LogP contribution in [0.5, 0.6) is 0 Å². The Morgan fingerprint density at radius 1 is 1.33 bits per heavy atom. The van der Waals surface area contributed by atoms with Crippen LogP contribution < -0.4 is 5.32 Å².